The molecule has 0 radical (unpaired) electrons. The highest BCUT2D eigenvalue weighted by Crippen LogP contribution is 2.30. The van der Waals surface area contributed by atoms with E-state index in [0.29, 0.717) is 12.6 Å². The van der Waals surface area contributed by atoms with Gasteiger partial charge in [0.15, 0.2) is 0 Å². The van der Waals surface area contributed by atoms with E-state index in [0.717, 1.165) is 18.8 Å². The van der Waals surface area contributed by atoms with Crippen LogP contribution >= 0.6 is 0 Å². The average molecular weight is 366 g/mol. The summed E-state index contributed by atoms with van der Waals surface area (Å²) in [4.78, 5) is 9.62. The molecule has 4 nitrogen and oxygen atoms in total. The van der Waals surface area contributed by atoms with Crippen molar-refractivity contribution in [3.8, 4) is 0 Å². The van der Waals surface area contributed by atoms with Crippen molar-refractivity contribution in [1.82, 2.24) is 9.88 Å². The zero-order chi connectivity index (χ0) is 18.6. The molecule has 1 atom stereocenters. The Hall–Kier alpha value is -1.91. The van der Waals surface area contributed by atoms with Gasteiger partial charge in [-0.3, -0.25) is 9.88 Å². The lowest BCUT2D eigenvalue weighted by molar-refractivity contribution is 0.0688. The monoisotopic (exact) mass is 365 g/mol. The molecule has 1 fully saturated rings. The number of methoxy groups -OCH3 is 1. The molecule has 0 amide bonds. The summed E-state index contributed by atoms with van der Waals surface area (Å²) in [6.07, 6.45) is 8.08. The number of rotatable bonds is 6. The highest BCUT2D eigenvalue weighted by atomic mass is 16.5. The van der Waals surface area contributed by atoms with Crippen molar-refractivity contribution in [2.75, 3.05) is 38.8 Å². The molecule has 1 aliphatic carbocycles. The summed E-state index contributed by atoms with van der Waals surface area (Å²) in [5.41, 5.74) is 5.64. The lowest BCUT2D eigenvalue weighted by atomic mass is 9.99. The number of anilines is 1. The molecular weight excluding hydrogens is 334 g/mol. The summed E-state index contributed by atoms with van der Waals surface area (Å²) >= 11 is 0. The third kappa shape index (κ3) is 4.02. The van der Waals surface area contributed by atoms with Gasteiger partial charge in [-0.15, -0.1) is 0 Å². The minimum atomic E-state index is 0.216. The van der Waals surface area contributed by atoms with Gasteiger partial charge in [-0.1, -0.05) is 12.1 Å². The Morgan fingerprint density at radius 2 is 1.96 bits per heavy atom. The quantitative estimate of drug-likeness (QED) is 0.777. The zero-order valence-corrected chi connectivity index (χ0v) is 16.6. The van der Waals surface area contributed by atoms with Crippen molar-refractivity contribution < 1.29 is 4.74 Å². The van der Waals surface area contributed by atoms with E-state index in [2.05, 4.69) is 52.2 Å². The average Bonchev–Trinajstić information content (AvgIpc) is 3.20. The topological polar surface area (TPSA) is 28.6 Å². The van der Waals surface area contributed by atoms with E-state index in [1.54, 1.807) is 18.2 Å². The standard InChI is InChI=1S/C23H31N3O/c1-25(23(17-27-2)22-8-3-4-13-24-22)20-11-14-26(15-12-20)21-10-9-18-6-5-7-19(18)16-21/h3-4,8-10,13,16,20,23H,5-7,11-12,14-15,17H2,1-2H3. The van der Waals surface area contributed by atoms with Gasteiger partial charge in [0.1, 0.15) is 0 Å². The number of likely N-dealkylation sites (N-methyl/N-ethyl adjacent to an activating group) is 1. The zero-order valence-electron chi connectivity index (χ0n) is 16.6. The molecule has 0 N–H and O–H groups in total. The van der Waals surface area contributed by atoms with Gasteiger partial charge in [-0.25, -0.2) is 0 Å². The van der Waals surface area contributed by atoms with Crippen LogP contribution in [0.4, 0.5) is 5.69 Å². The number of aromatic nitrogens is 1. The van der Waals surface area contributed by atoms with Gasteiger partial charge in [0.25, 0.3) is 0 Å². The van der Waals surface area contributed by atoms with Crippen molar-refractivity contribution in [3.63, 3.8) is 0 Å². The second kappa shape index (κ2) is 8.41. The Morgan fingerprint density at radius 3 is 2.70 bits per heavy atom. The van der Waals surface area contributed by atoms with Crippen LogP contribution in [0.2, 0.25) is 0 Å². The first-order chi connectivity index (χ1) is 13.3. The van der Waals surface area contributed by atoms with Gasteiger partial charge in [0.05, 0.1) is 18.3 Å². The lowest BCUT2D eigenvalue weighted by Gasteiger charge is -2.41. The number of benzene rings is 1. The van der Waals surface area contributed by atoms with Crippen LogP contribution in [0, 0.1) is 0 Å². The van der Waals surface area contributed by atoms with Crippen molar-refractivity contribution in [1.29, 1.82) is 0 Å². The van der Waals surface area contributed by atoms with Gasteiger partial charge in [0, 0.05) is 38.1 Å². The molecule has 1 aliphatic heterocycles. The summed E-state index contributed by atoms with van der Waals surface area (Å²) in [5, 5.41) is 0. The first-order valence-electron chi connectivity index (χ1n) is 10.2. The van der Waals surface area contributed by atoms with E-state index in [9.17, 15) is 0 Å². The number of hydrogen-bond acceptors (Lipinski definition) is 4. The fourth-order valence-electron chi connectivity index (χ4n) is 4.68. The summed E-state index contributed by atoms with van der Waals surface area (Å²) in [5.74, 6) is 0. The molecule has 0 spiro atoms. The maximum atomic E-state index is 5.51. The second-order valence-electron chi connectivity index (χ2n) is 7.92. The molecule has 4 heteroatoms. The van der Waals surface area contributed by atoms with E-state index >= 15 is 0 Å². The first kappa shape index (κ1) is 18.5. The Morgan fingerprint density at radius 1 is 1.15 bits per heavy atom. The molecule has 1 unspecified atom stereocenters. The number of ether oxygens (including phenoxy) is 1. The molecule has 1 aromatic heterocycles. The first-order valence-corrected chi connectivity index (χ1v) is 10.2. The van der Waals surface area contributed by atoms with Gasteiger partial charge >= 0.3 is 0 Å². The van der Waals surface area contributed by atoms with Crippen molar-refractivity contribution in [2.24, 2.45) is 0 Å². The minimum Gasteiger partial charge on any atom is -0.383 e. The molecule has 27 heavy (non-hydrogen) atoms. The largest absolute Gasteiger partial charge is 0.383 e. The summed E-state index contributed by atoms with van der Waals surface area (Å²) in [6, 6.07) is 14.1. The van der Waals surface area contributed by atoms with Crippen LogP contribution < -0.4 is 4.90 Å². The second-order valence-corrected chi connectivity index (χ2v) is 7.92. The summed E-state index contributed by atoms with van der Waals surface area (Å²) in [6.45, 7) is 2.92. The van der Waals surface area contributed by atoms with Crippen LogP contribution in [0.5, 0.6) is 0 Å². The minimum absolute atomic E-state index is 0.216. The van der Waals surface area contributed by atoms with Crippen molar-refractivity contribution in [3.05, 3.63) is 59.4 Å². The van der Waals surface area contributed by atoms with Crippen LogP contribution in [0.25, 0.3) is 0 Å². The normalized spacial score (nSPS) is 18.7. The number of fused-ring (bicyclic) bond motifs is 1. The van der Waals surface area contributed by atoms with Crippen LogP contribution in [-0.2, 0) is 17.6 Å². The fraction of sp³-hybridized carbons (Fsp3) is 0.522. The molecule has 2 aliphatic rings. The van der Waals surface area contributed by atoms with Gasteiger partial charge < -0.3 is 9.64 Å². The predicted octanol–water partition coefficient (Wildman–Crippen LogP) is 3.86. The molecule has 0 saturated carbocycles. The number of piperidine rings is 1. The number of aryl methyl sites for hydroxylation is 2. The van der Waals surface area contributed by atoms with Crippen molar-refractivity contribution in [2.45, 2.75) is 44.2 Å². The van der Waals surface area contributed by atoms with E-state index in [4.69, 9.17) is 4.74 Å². The van der Waals surface area contributed by atoms with Crippen LogP contribution in [0.3, 0.4) is 0 Å². The van der Waals surface area contributed by atoms with E-state index in [-0.39, 0.29) is 6.04 Å². The third-order valence-electron chi connectivity index (χ3n) is 6.33. The molecular formula is C23H31N3O. The summed E-state index contributed by atoms with van der Waals surface area (Å²) < 4.78 is 5.51. The third-order valence-corrected chi connectivity index (χ3v) is 6.33. The molecule has 144 valence electrons. The number of hydrogen-bond donors (Lipinski definition) is 0. The van der Waals surface area contributed by atoms with E-state index in [1.807, 2.05) is 12.3 Å². The van der Waals surface area contributed by atoms with Crippen LogP contribution in [0.15, 0.2) is 42.6 Å². The molecule has 1 saturated heterocycles. The van der Waals surface area contributed by atoms with Gasteiger partial charge in [-0.05, 0) is 74.5 Å². The Labute approximate surface area is 163 Å². The van der Waals surface area contributed by atoms with E-state index in [1.165, 1.54) is 37.8 Å². The smallest absolute Gasteiger partial charge is 0.0757 e. The summed E-state index contributed by atoms with van der Waals surface area (Å²) in [7, 11) is 4.01. The maximum absolute atomic E-state index is 5.51. The number of pyridine rings is 1. The Kier molecular flexibility index (Phi) is 5.74. The lowest BCUT2D eigenvalue weighted by Crippen LogP contribution is -2.45. The van der Waals surface area contributed by atoms with Gasteiger partial charge in [-0.2, -0.15) is 0 Å². The van der Waals surface area contributed by atoms with Crippen LogP contribution in [-0.4, -0.2) is 49.8 Å². The highest BCUT2D eigenvalue weighted by molar-refractivity contribution is 5.52. The molecule has 4 rings (SSSR count). The fourth-order valence-corrected chi connectivity index (χ4v) is 4.68. The maximum Gasteiger partial charge on any atom is 0.0757 e. The molecule has 0 bridgehead atoms. The predicted molar refractivity (Wildman–Crippen MR) is 110 cm³/mol. The molecule has 2 heterocycles. The van der Waals surface area contributed by atoms with E-state index < -0.39 is 0 Å². The number of nitrogens with zero attached hydrogens (tertiary/aromatic N) is 3. The SMILES string of the molecule is COCC(c1ccccn1)N(C)C1CCN(c2ccc3c(c2)CCC3)CC1. The Balaban J connectivity index is 1.40. The highest BCUT2D eigenvalue weighted by Gasteiger charge is 2.29. The molecule has 2 aromatic rings. The van der Waals surface area contributed by atoms with Crippen LogP contribution in [0.1, 0.15) is 42.1 Å². The van der Waals surface area contributed by atoms with Gasteiger partial charge in [0.2, 0.25) is 0 Å². The van der Waals surface area contributed by atoms with Crippen molar-refractivity contribution >= 4 is 5.69 Å². The molecule has 1 aromatic carbocycles. The Bertz CT molecular complexity index is 741.